The molecule has 1 aromatic heterocycles. The number of benzene rings is 2. The van der Waals surface area contributed by atoms with Crippen LogP contribution in [0.5, 0.6) is 0 Å². The van der Waals surface area contributed by atoms with Gasteiger partial charge in [-0.2, -0.15) is 13.2 Å². The Bertz CT molecular complexity index is 1090. The van der Waals surface area contributed by atoms with E-state index in [-0.39, 0.29) is 18.6 Å². The summed E-state index contributed by atoms with van der Waals surface area (Å²) in [6.07, 6.45) is -2.27. The van der Waals surface area contributed by atoms with E-state index in [0.29, 0.717) is 28.3 Å². The molecular weight excluding hydrogens is 393 g/mol. The van der Waals surface area contributed by atoms with Crippen molar-refractivity contribution in [2.75, 3.05) is 6.61 Å². The van der Waals surface area contributed by atoms with E-state index in [9.17, 15) is 18.0 Å². The molecule has 0 unspecified atom stereocenters. The molecule has 1 heterocycles. The molecule has 0 saturated heterocycles. The molecule has 1 aliphatic carbocycles. The number of aliphatic hydroxyl groups excluding tert-OH is 1. The third kappa shape index (κ3) is 4.16. The normalized spacial score (nSPS) is 15.2. The van der Waals surface area contributed by atoms with E-state index in [1.54, 1.807) is 19.1 Å². The highest BCUT2D eigenvalue weighted by molar-refractivity contribution is 5.99. The van der Waals surface area contributed by atoms with Crippen LogP contribution in [0.4, 0.5) is 13.2 Å². The molecule has 2 N–H and O–H groups in total. The molecule has 30 heavy (non-hydrogen) atoms. The topological polar surface area (TPSA) is 62.2 Å². The van der Waals surface area contributed by atoms with Crippen LogP contribution in [-0.4, -0.2) is 28.6 Å². The second kappa shape index (κ2) is 7.72. The van der Waals surface area contributed by atoms with Gasteiger partial charge in [-0.15, -0.1) is 0 Å². The maximum Gasteiger partial charge on any atom is 0.416 e. The van der Waals surface area contributed by atoms with Gasteiger partial charge in [-0.05, 0) is 61.6 Å². The summed E-state index contributed by atoms with van der Waals surface area (Å²) in [7, 11) is 0. The van der Waals surface area contributed by atoms with Gasteiger partial charge >= 0.3 is 6.18 Å². The van der Waals surface area contributed by atoms with E-state index in [4.69, 9.17) is 5.11 Å². The van der Waals surface area contributed by atoms with Crippen molar-refractivity contribution in [3.63, 3.8) is 0 Å². The number of fused-ring (bicyclic) bond motifs is 1. The number of hydrogen-bond acceptors (Lipinski definition) is 3. The van der Waals surface area contributed by atoms with Crippen molar-refractivity contribution < 1.29 is 23.1 Å². The number of aromatic nitrogens is 1. The molecule has 1 aliphatic rings. The number of amides is 1. The monoisotopic (exact) mass is 414 g/mol. The molecule has 156 valence electrons. The van der Waals surface area contributed by atoms with E-state index in [2.05, 4.69) is 10.3 Å². The van der Waals surface area contributed by atoms with Crippen LogP contribution in [0, 0.1) is 0 Å². The van der Waals surface area contributed by atoms with Gasteiger partial charge in [0.1, 0.15) is 0 Å². The fourth-order valence-electron chi connectivity index (χ4n) is 3.46. The first-order valence-electron chi connectivity index (χ1n) is 9.80. The maximum atomic E-state index is 12.9. The summed E-state index contributed by atoms with van der Waals surface area (Å²) in [4.78, 5) is 17.1. The number of halogens is 3. The summed E-state index contributed by atoms with van der Waals surface area (Å²) >= 11 is 0. The van der Waals surface area contributed by atoms with Crippen LogP contribution in [0.15, 0.2) is 48.5 Å². The molecule has 1 amide bonds. The number of pyridine rings is 1. The molecule has 3 aromatic rings. The largest absolute Gasteiger partial charge is 0.416 e. The smallest absolute Gasteiger partial charge is 0.394 e. The summed E-state index contributed by atoms with van der Waals surface area (Å²) in [5.41, 5.74) is 2.62. The zero-order valence-corrected chi connectivity index (χ0v) is 16.3. The number of nitrogens with one attached hydrogen (secondary N) is 1. The van der Waals surface area contributed by atoms with Crippen LogP contribution >= 0.6 is 0 Å². The third-order valence-corrected chi connectivity index (χ3v) is 5.28. The van der Waals surface area contributed by atoms with Crippen molar-refractivity contribution in [3.05, 3.63) is 65.2 Å². The molecule has 1 fully saturated rings. The van der Waals surface area contributed by atoms with E-state index in [0.717, 1.165) is 35.9 Å². The van der Waals surface area contributed by atoms with Crippen molar-refractivity contribution in [1.29, 1.82) is 0 Å². The van der Waals surface area contributed by atoms with Gasteiger partial charge in [0.15, 0.2) is 0 Å². The van der Waals surface area contributed by atoms with Crippen LogP contribution in [0.1, 0.15) is 47.2 Å². The predicted molar refractivity (Wildman–Crippen MR) is 108 cm³/mol. The lowest BCUT2D eigenvalue weighted by molar-refractivity contribution is -0.137. The first-order valence-corrected chi connectivity index (χ1v) is 9.80. The number of carbonyl (C=O) groups excluding carboxylic acids is 1. The predicted octanol–water partition coefficient (Wildman–Crippen LogP) is 4.91. The lowest BCUT2D eigenvalue weighted by Crippen LogP contribution is -2.34. The fraction of sp³-hybridized carbons (Fsp3) is 0.304. The Balaban J connectivity index is 1.76. The van der Waals surface area contributed by atoms with Crippen LogP contribution in [0.25, 0.3) is 22.2 Å². The molecule has 1 atom stereocenters. The summed E-state index contributed by atoms with van der Waals surface area (Å²) < 4.78 is 38.6. The van der Waals surface area contributed by atoms with E-state index < -0.39 is 11.7 Å². The third-order valence-electron chi connectivity index (χ3n) is 5.28. The second-order valence-electron chi connectivity index (χ2n) is 7.74. The highest BCUT2D eigenvalue weighted by Crippen LogP contribution is 2.44. The van der Waals surface area contributed by atoms with Gasteiger partial charge in [-0.25, -0.2) is 4.98 Å². The minimum atomic E-state index is -4.39. The Morgan fingerprint density at radius 2 is 1.87 bits per heavy atom. The molecule has 4 rings (SSSR count). The first-order chi connectivity index (χ1) is 14.3. The average Bonchev–Trinajstić information content (AvgIpc) is 3.57. The molecule has 7 heteroatoms. The van der Waals surface area contributed by atoms with Gasteiger partial charge in [-0.1, -0.05) is 18.2 Å². The molecular formula is C23H21F3N2O2. The highest BCUT2D eigenvalue weighted by atomic mass is 19.4. The minimum absolute atomic E-state index is 0.165. The second-order valence-corrected chi connectivity index (χ2v) is 7.74. The molecule has 1 saturated carbocycles. The van der Waals surface area contributed by atoms with Gasteiger partial charge in [0, 0.05) is 22.6 Å². The Kier molecular flexibility index (Phi) is 5.24. The lowest BCUT2D eigenvalue weighted by Gasteiger charge is -2.13. The Hall–Kier alpha value is -2.93. The standard InChI is InChI=1S/C23H21F3N2O2/c1-13(12-29)27-22(30)16-6-9-18-19(14-2-3-14)11-20(28-21(18)10-16)15-4-7-17(8-5-15)23(24,25)26/h4-11,13-14,29H,2-3,12H2,1H3,(H,27,30)/t13-/m1/s1. The van der Waals surface area contributed by atoms with E-state index in [1.807, 2.05) is 12.1 Å². The number of carbonyl (C=O) groups is 1. The SMILES string of the molecule is C[C@H](CO)NC(=O)c1ccc2c(C3CC3)cc(-c3ccc(C(F)(F)F)cc3)nc2c1. The zero-order valence-electron chi connectivity index (χ0n) is 16.3. The number of nitrogens with zero attached hydrogens (tertiary/aromatic N) is 1. The van der Waals surface area contributed by atoms with Crippen LogP contribution in [0.2, 0.25) is 0 Å². The Labute approximate surface area is 171 Å². The summed E-state index contributed by atoms with van der Waals surface area (Å²) in [5.74, 6) is 0.0888. The van der Waals surface area contributed by atoms with Gasteiger partial charge in [0.05, 0.1) is 23.4 Å². The summed E-state index contributed by atoms with van der Waals surface area (Å²) in [6.45, 7) is 1.53. The van der Waals surface area contributed by atoms with Crippen molar-refractivity contribution in [2.24, 2.45) is 0 Å². The highest BCUT2D eigenvalue weighted by Gasteiger charge is 2.30. The van der Waals surface area contributed by atoms with Gasteiger partial charge in [-0.3, -0.25) is 4.79 Å². The van der Waals surface area contributed by atoms with E-state index >= 15 is 0 Å². The van der Waals surface area contributed by atoms with Gasteiger partial charge in [0.2, 0.25) is 0 Å². The maximum absolute atomic E-state index is 12.9. The molecule has 0 bridgehead atoms. The van der Waals surface area contributed by atoms with Crippen molar-refractivity contribution in [3.8, 4) is 11.3 Å². The number of alkyl halides is 3. The molecule has 2 aromatic carbocycles. The molecule has 4 nitrogen and oxygen atoms in total. The van der Waals surface area contributed by atoms with Crippen molar-refractivity contribution in [1.82, 2.24) is 10.3 Å². The summed E-state index contributed by atoms with van der Waals surface area (Å²) in [6, 6.07) is 11.8. The summed E-state index contributed by atoms with van der Waals surface area (Å²) in [5, 5.41) is 12.8. The number of aliphatic hydroxyl groups is 1. The fourth-order valence-corrected chi connectivity index (χ4v) is 3.46. The van der Waals surface area contributed by atoms with Crippen molar-refractivity contribution in [2.45, 2.75) is 37.9 Å². The van der Waals surface area contributed by atoms with Crippen LogP contribution in [0.3, 0.4) is 0 Å². The van der Waals surface area contributed by atoms with Gasteiger partial charge < -0.3 is 10.4 Å². The van der Waals surface area contributed by atoms with Gasteiger partial charge in [0.25, 0.3) is 5.91 Å². The van der Waals surface area contributed by atoms with Crippen molar-refractivity contribution >= 4 is 16.8 Å². The quantitative estimate of drug-likeness (QED) is 0.624. The van der Waals surface area contributed by atoms with Crippen LogP contribution < -0.4 is 5.32 Å². The zero-order chi connectivity index (χ0) is 21.5. The number of rotatable bonds is 5. The average molecular weight is 414 g/mol. The minimum Gasteiger partial charge on any atom is -0.394 e. The molecule has 0 spiro atoms. The van der Waals surface area contributed by atoms with E-state index in [1.165, 1.54) is 12.1 Å². The Morgan fingerprint density at radius 1 is 1.17 bits per heavy atom. The number of hydrogen-bond donors (Lipinski definition) is 2. The first kappa shape index (κ1) is 20.3. The molecule has 0 aliphatic heterocycles. The van der Waals surface area contributed by atoms with Crippen LogP contribution in [-0.2, 0) is 6.18 Å². The Morgan fingerprint density at radius 3 is 2.47 bits per heavy atom. The lowest BCUT2D eigenvalue weighted by atomic mass is 9.99. The molecule has 0 radical (unpaired) electrons.